The van der Waals surface area contributed by atoms with Gasteiger partial charge in [0.25, 0.3) is 0 Å². The summed E-state index contributed by atoms with van der Waals surface area (Å²) in [5, 5.41) is 10.9. The molecule has 1 aromatic carbocycles. The highest BCUT2D eigenvalue weighted by atomic mass is 35.5. The van der Waals surface area contributed by atoms with Gasteiger partial charge in [0.1, 0.15) is 23.2 Å². The zero-order valence-corrected chi connectivity index (χ0v) is 16.2. The van der Waals surface area contributed by atoms with E-state index in [1.165, 1.54) is 0 Å². The molecule has 1 saturated heterocycles. The van der Waals surface area contributed by atoms with E-state index in [1.807, 2.05) is 41.7 Å². The molecule has 7 nitrogen and oxygen atoms in total. The number of rotatable bonds is 4. The fourth-order valence-electron chi connectivity index (χ4n) is 3.59. The summed E-state index contributed by atoms with van der Waals surface area (Å²) in [5.41, 5.74) is 4.30. The van der Waals surface area contributed by atoms with E-state index in [2.05, 4.69) is 20.9 Å². The minimum absolute atomic E-state index is 0.403. The van der Waals surface area contributed by atoms with Crippen LogP contribution in [0, 0.1) is 6.92 Å². The summed E-state index contributed by atoms with van der Waals surface area (Å²) in [6.07, 6.45) is 4.64. The Kier molecular flexibility index (Phi) is 4.26. The molecule has 1 aliphatic rings. The lowest BCUT2D eigenvalue weighted by molar-refractivity contribution is 0.788. The number of nitrogens with one attached hydrogen (secondary N) is 3. The molecule has 0 amide bonds. The molecule has 142 valence electrons. The topological polar surface area (TPSA) is 79.2 Å². The van der Waals surface area contributed by atoms with Gasteiger partial charge in [0.05, 0.1) is 16.9 Å². The Morgan fingerprint density at radius 3 is 2.96 bits per heavy atom. The molecule has 1 aliphatic heterocycles. The van der Waals surface area contributed by atoms with Crippen molar-refractivity contribution in [2.45, 2.75) is 19.4 Å². The first-order valence-corrected chi connectivity index (χ1v) is 9.69. The molecule has 28 heavy (non-hydrogen) atoms. The van der Waals surface area contributed by atoms with Crippen LogP contribution in [0.2, 0.25) is 5.02 Å². The van der Waals surface area contributed by atoms with Gasteiger partial charge >= 0.3 is 0 Å². The van der Waals surface area contributed by atoms with Crippen LogP contribution in [0.15, 0.2) is 42.9 Å². The lowest BCUT2D eigenvalue weighted by Gasteiger charge is -2.15. The van der Waals surface area contributed by atoms with Crippen molar-refractivity contribution in [2.24, 2.45) is 0 Å². The van der Waals surface area contributed by atoms with Crippen LogP contribution in [-0.4, -0.2) is 38.5 Å². The number of aromatic nitrogens is 4. The Labute approximate surface area is 167 Å². The Morgan fingerprint density at radius 2 is 2.14 bits per heavy atom. The van der Waals surface area contributed by atoms with E-state index < -0.39 is 0 Å². The second-order valence-corrected chi connectivity index (χ2v) is 7.45. The maximum Gasteiger partial charge on any atom is 0.166 e. The zero-order valence-electron chi connectivity index (χ0n) is 15.4. The number of fused-ring (bicyclic) bond motifs is 3. The van der Waals surface area contributed by atoms with Crippen LogP contribution in [0.3, 0.4) is 0 Å². The zero-order chi connectivity index (χ0) is 19.1. The third kappa shape index (κ3) is 3.02. The number of pyridine rings is 1. The first kappa shape index (κ1) is 17.2. The number of para-hydroxylation sites is 1. The average Bonchev–Trinajstić information content (AvgIpc) is 3.37. The van der Waals surface area contributed by atoms with E-state index in [0.29, 0.717) is 16.9 Å². The first-order valence-electron chi connectivity index (χ1n) is 9.31. The van der Waals surface area contributed by atoms with Crippen molar-refractivity contribution in [1.82, 2.24) is 24.7 Å². The van der Waals surface area contributed by atoms with Crippen LogP contribution in [0.1, 0.15) is 12.0 Å². The Balaban J connectivity index is 1.58. The SMILES string of the molecule is Cc1cccc(Cl)c1Nc1nc2ccc(N[C@H]3CCNC3)nc2n2cncc12. The second-order valence-electron chi connectivity index (χ2n) is 7.04. The van der Waals surface area contributed by atoms with Crippen LogP contribution in [0.4, 0.5) is 17.3 Å². The smallest absolute Gasteiger partial charge is 0.166 e. The van der Waals surface area contributed by atoms with Gasteiger partial charge in [0, 0.05) is 12.6 Å². The number of anilines is 3. The number of aryl methyl sites for hydroxylation is 1. The van der Waals surface area contributed by atoms with Gasteiger partial charge in [-0.1, -0.05) is 23.7 Å². The van der Waals surface area contributed by atoms with E-state index in [-0.39, 0.29) is 0 Å². The molecule has 8 heteroatoms. The fraction of sp³-hybridized carbons (Fsp3) is 0.250. The number of imidazole rings is 1. The number of benzene rings is 1. The summed E-state index contributed by atoms with van der Waals surface area (Å²) in [7, 11) is 0. The summed E-state index contributed by atoms with van der Waals surface area (Å²) in [5.74, 6) is 1.55. The predicted octanol–water partition coefficient (Wildman–Crippen LogP) is 3.76. The molecule has 3 N–H and O–H groups in total. The van der Waals surface area contributed by atoms with Crippen LogP contribution in [-0.2, 0) is 0 Å². The van der Waals surface area contributed by atoms with Gasteiger partial charge < -0.3 is 16.0 Å². The minimum Gasteiger partial charge on any atom is -0.366 e. The number of nitrogens with zero attached hydrogens (tertiary/aromatic N) is 4. The van der Waals surface area contributed by atoms with Gasteiger partial charge in [-0.2, -0.15) is 0 Å². The molecule has 1 fully saturated rings. The van der Waals surface area contributed by atoms with Gasteiger partial charge in [0.15, 0.2) is 11.5 Å². The van der Waals surface area contributed by atoms with Crippen LogP contribution in [0.25, 0.3) is 16.7 Å². The number of hydrogen-bond acceptors (Lipinski definition) is 6. The normalized spacial score (nSPS) is 16.7. The van der Waals surface area contributed by atoms with E-state index in [9.17, 15) is 0 Å². The standard InChI is InChI=1S/C20H20ClN7/c1-12-3-2-4-14(21)18(12)27-19-16-10-23-11-28(16)20-15(25-19)5-6-17(26-20)24-13-7-8-22-9-13/h2-6,10-11,13,22H,7-9H2,1H3,(H,24,26)(H,25,27)/t13-/m0/s1. The monoisotopic (exact) mass is 393 g/mol. The molecule has 0 saturated carbocycles. The van der Waals surface area contributed by atoms with Crippen LogP contribution in [0.5, 0.6) is 0 Å². The van der Waals surface area contributed by atoms with Crippen LogP contribution >= 0.6 is 11.6 Å². The molecule has 0 spiro atoms. The lowest BCUT2D eigenvalue weighted by Crippen LogP contribution is -2.22. The molecule has 3 aromatic heterocycles. The third-order valence-corrected chi connectivity index (χ3v) is 5.39. The van der Waals surface area contributed by atoms with Crippen molar-refractivity contribution in [3.05, 3.63) is 53.4 Å². The largest absolute Gasteiger partial charge is 0.366 e. The summed E-state index contributed by atoms with van der Waals surface area (Å²) in [6.45, 7) is 4.01. The average molecular weight is 394 g/mol. The molecule has 0 aliphatic carbocycles. The molecule has 0 unspecified atom stereocenters. The minimum atomic E-state index is 0.403. The molecule has 4 heterocycles. The molecule has 4 aromatic rings. The van der Waals surface area contributed by atoms with Gasteiger partial charge in [-0.05, 0) is 43.7 Å². The molecule has 1 atom stereocenters. The summed E-state index contributed by atoms with van der Waals surface area (Å²) in [6, 6.07) is 10.2. The second kappa shape index (κ2) is 6.92. The summed E-state index contributed by atoms with van der Waals surface area (Å²) >= 11 is 6.39. The third-order valence-electron chi connectivity index (χ3n) is 5.07. The summed E-state index contributed by atoms with van der Waals surface area (Å²) in [4.78, 5) is 13.9. The van der Waals surface area contributed by atoms with Gasteiger partial charge in [-0.15, -0.1) is 0 Å². The number of halogens is 1. The highest BCUT2D eigenvalue weighted by Gasteiger charge is 2.16. The van der Waals surface area contributed by atoms with E-state index in [1.54, 1.807) is 12.5 Å². The first-order chi connectivity index (χ1) is 13.7. The predicted molar refractivity (Wildman–Crippen MR) is 113 cm³/mol. The number of hydrogen-bond donors (Lipinski definition) is 3. The fourth-order valence-corrected chi connectivity index (χ4v) is 3.86. The maximum absolute atomic E-state index is 6.39. The molecule has 0 radical (unpaired) electrons. The van der Waals surface area contributed by atoms with Crippen molar-refractivity contribution in [3.63, 3.8) is 0 Å². The summed E-state index contributed by atoms with van der Waals surface area (Å²) < 4.78 is 1.95. The van der Waals surface area contributed by atoms with Gasteiger partial charge in [0.2, 0.25) is 0 Å². The lowest BCUT2D eigenvalue weighted by atomic mass is 10.2. The quantitative estimate of drug-likeness (QED) is 0.490. The molecule has 0 bridgehead atoms. The van der Waals surface area contributed by atoms with Gasteiger partial charge in [-0.25, -0.2) is 15.0 Å². The molecular formula is C20H20ClN7. The highest BCUT2D eigenvalue weighted by Crippen LogP contribution is 2.31. The van der Waals surface area contributed by atoms with Crippen molar-refractivity contribution in [1.29, 1.82) is 0 Å². The van der Waals surface area contributed by atoms with Crippen LogP contribution < -0.4 is 16.0 Å². The van der Waals surface area contributed by atoms with E-state index in [4.69, 9.17) is 21.6 Å². The Bertz CT molecular complexity index is 1140. The van der Waals surface area contributed by atoms with Crippen molar-refractivity contribution in [3.8, 4) is 0 Å². The van der Waals surface area contributed by atoms with Crippen molar-refractivity contribution < 1.29 is 0 Å². The highest BCUT2D eigenvalue weighted by molar-refractivity contribution is 6.33. The van der Waals surface area contributed by atoms with E-state index in [0.717, 1.165) is 53.3 Å². The van der Waals surface area contributed by atoms with Gasteiger partial charge in [-0.3, -0.25) is 4.40 Å². The maximum atomic E-state index is 6.39. The molecular weight excluding hydrogens is 374 g/mol. The van der Waals surface area contributed by atoms with E-state index >= 15 is 0 Å². The van der Waals surface area contributed by atoms with Crippen molar-refractivity contribution in [2.75, 3.05) is 23.7 Å². The Hall–Kier alpha value is -2.90. The Morgan fingerprint density at radius 1 is 1.21 bits per heavy atom. The molecule has 5 rings (SSSR count). The van der Waals surface area contributed by atoms with Crippen molar-refractivity contribution >= 4 is 45.6 Å².